The maximum absolute atomic E-state index is 12.6. The zero-order valence-corrected chi connectivity index (χ0v) is 19.2. The van der Waals surface area contributed by atoms with Crippen molar-refractivity contribution < 1.29 is 26.0 Å². The van der Waals surface area contributed by atoms with Gasteiger partial charge in [-0.2, -0.15) is 4.31 Å². The van der Waals surface area contributed by atoms with Crippen molar-refractivity contribution in [1.82, 2.24) is 9.03 Å². The van der Waals surface area contributed by atoms with Crippen molar-refractivity contribution in [2.75, 3.05) is 18.4 Å². The number of carbonyl (C=O) groups excluding carboxylic acids is 1. The van der Waals surface area contributed by atoms with E-state index < -0.39 is 26.0 Å². The Hall–Kier alpha value is -2.99. The predicted octanol–water partition coefficient (Wildman–Crippen LogP) is 2.79. The number of benzene rings is 2. The number of amides is 1. The molecule has 1 saturated heterocycles. The first-order valence-corrected chi connectivity index (χ1v) is 13.2. The maximum atomic E-state index is 12.6. The van der Waals surface area contributed by atoms with Crippen LogP contribution >= 0.6 is 0 Å². The molecule has 0 spiro atoms. The molecule has 174 valence electrons. The van der Waals surface area contributed by atoms with Gasteiger partial charge < -0.3 is 9.73 Å². The summed E-state index contributed by atoms with van der Waals surface area (Å²) in [5.41, 5.74) is 0.686. The molecule has 0 aliphatic carbocycles. The smallest absolute Gasteiger partial charge is 0.255 e. The van der Waals surface area contributed by atoms with Gasteiger partial charge in [-0.15, -0.1) is 0 Å². The molecule has 0 bridgehead atoms. The van der Waals surface area contributed by atoms with Gasteiger partial charge in [-0.05, 0) is 73.5 Å². The molecule has 4 rings (SSSR count). The second kappa shape index (κ2) is 9.48. The number of nitrogens with one attached hydrogen (secondary N) is 2. The predicted molar refractivity (Wildman–Crippen MR) is 122 cm³/mol. The van der Waals surface area contributed by atoms with Crippen molar-refractivity contribution in [3.8, 4) is 0 Å². The Morgan fingerprint density at radius 3 is 2.12 bits per heavy atom. The van der Waals surface area contributed by atoms with Crippen LogP contribution in [0.15, 0.2) is 81.1 Å². The van der Waals surface area contributed by atoms with Crippen LogP contribution in [0.5, 0.6) is 0 Å². The third kappa shape index (κ3) is 5.33. The van der Waals surface area contributed by atoms with Crippen LogP contribution in [0.2, 0.25) is 0 Å². The fourth-order valence-corrected chi connectivity index (χ4v) is 5.95. The molecule has 33 heavy (non-hydrogen) atoms. The number of nitrogens with zero attached hydrogens (tertiary/aromatic N) is 1. The van der Waals surface area contributed by atoms with Crippen LogP contribution in [0.1, 0.15) is 29.0 Å². The first-order valence-electron chi connectivity index (χ1n) is 10.3. The minimum absolute atomic E-state index is 0.0149. The molecule has 0 radical (unpaired) electrons. The summed E-state index contributed by atoms with van der Waals surface area (Å²) in [6, 6.07) is 14.8. The van der Waals surface area contributed by atoms with Gasteiger partial charge in [0.25, 0.3) is 5.91 Å². The van der Waals surface area contributed by atoms with E-state index in [1.54, 1.807) is 12.1 Å². The zero-order valence-electron chi connectivity index (χ0n) is 17.6. The quantitative estimate of drug-likeness (QED) is 0.501. The van der Waals surface area contributed by atoms with Crippen molar-refractivity contribution >= 4 is 31.6 Å². The van der Waals surface area contributed by atoms with Crippen molar-refractivity contribution in [2.24, 2.45) is 0 Å². The Morgan fingerprint density at radius 2 is 1.52 bits per heavy atom. The summed E-state index contributed by atoms with van der Waals surface area (Å²) in [5.74, 6) is 0.0338. The first kappa shape index (κ1) is 23.2. The molecule has 1 aliphatic rings. The molecule has 9 nitrogen and oxygen atoms in total. The molecular formula is C22H23N3O6S2. The minimum Gasteiger partial charge on any atom is -0.468 e. The van der Waals surface area contributed by atoms with Crippen LogP contribution in [-0.4, -0.2) is 40.1 Å². The van der Waals surface area contributed by atoms with E-state index in [2.05, 4.69) is 10.0 Å². The second-order valence-corrected chi connectivity index (χ2v) is 11.2. The average Bonchev–Trinajstić information content (AvgIpc) is 3.53. The highest BCUT2D eigenvalue weighted by Crippen LogP contribution is 2.22. The summed E-state index contributed by atoms with van der Waals surface area (Å²) in [4.78, 5) is 12.7. The molecule has 1 amide bonds. The Labute approximate surface area is 192 Å². The molecule has 1 aromatic heterocycles. The Morgan fingerprint density at radius 1 is 0.879 bits per heavy atom. The van der Waals surface area contributed by atoms with Gasteiger partial charge in [0.2, 0.25) is 20.0 Å². The molecule has 0 atom stereocenters. The lowest BCUT2D eigenvalue weighted by molar-refractivity contribution is 0.102. The summed E-state index contributed by atoms with van der Waals surface area (Å²) >= 11 is 0. The van der Waals surface area contributed by atoms with E-state index in [0.717, 1.165) is 12.8 Å². The van der Waals surface area contributed by atoms with Crippen LogP contribution in [0, 0.1) is 0 Å². The van der Waals surface area contributed by atoms with Crippen molar-refractivity contribution in [3.05, 3.63) is 78.3 Å². The van der Waals surface area contributed by atoms with E-state index in [1.807, 2.05) is 0 Å². The molecule has 0 saturated carbocycles. The van der Waals surface area contributed by atoms with E-state index >= 15 is 0 Å². The van der Waals surface area contributed by atoms with Crippen molar-refractivity contribution in [2.45, 2.75) is 29.2 Å². The van der Waals surface area contributed by atoms with E-state index in [1.165, 1.54) is 59.1 Å². The van der Waals surface area contributed by atoms with Crippen LogP contribution in [0.3, 0.4) is 0 Å². The normalized spacial score (nSPS) is 14.9. The Balaban J connectivity index is 1.39. The summed E-state index contributed by atoms with van der Waals surface area (Å²) < 4.78 is 59.0. The van der Waals surface area contributed by atoms with Crippen LogP contribution in [0.25, 0.3) is 0 Å². The Bertz CT molecular complexity index is 1310. The second-order valence-electron chi connectivity index (χ2n) is 7.52. The minimum atomic E-state index is -3.77. The molecule has 2 N–H and O–H groups in total. The van der Waals surface area contributed by atoms with Gasteiger partial charge in [-0.25, -0.2) is 21.6 Å². The fourth-order valence-electron chi connectivity index (χ4n) is 3.44. The number of anilines is 1. The first-order chi connectivity index (χ1) is 15.8. The molecule has 11 heteroatoms. The molecule has 2 aromatic carbocycles. The standard InChI is InChI=1S/C22H23N3O6S2/c26-22(24-18-7-11-21(12-8-18)33(29,30)25-13-1-2-14-25)17-5-9-20(10-6-17)32(27,28)23-16-19-4-3-15-31-19/h3-12,15,23H,1-2,13-14,16H2,(H,24,26). The van der Waals surface area contributed by atoms with Crippen LogP contribution in [-0.2, 0) is 26.6 Å². The van der Waals surface area contributed by atoms with Gasteiger partial charge in [-0.3, -0.25) is 4.79 Å². The third-order valence-corrected chi connectivity index (χ3v) is 8.59. The lowest BCUT2D eigenvalue weighted by Crippen LogP contribution is -2.27. The maximum Gasteiger partial charge on any atom is 0.255 e. The van der Waals surface area contributed by atoms with E-state index in [9.17, 15) is 21.6 Å². The third-order valence-electron chi connectivity index (χ3n) is 5.26. The number of carbonyl (C=O) groups is 1. The lowest BCUT2D eigenvalue weighted by atomic mass is 10.2. The summed E-state index contributed by atoms with van der Waals surface area (Å²) in [6.07, 6.45) is 3.16. The monoisotopic (exact) mass is 489 g/mol. The molecular weight excluding hydrogens is 466 g/mol. The highest BCUT2D eigenvalue weighted by molar-refractivity contribution is 7.89. The highest BCUT2D eigenvalue weighted by Gasteiger charge is 2.27. The number of rotatable bonds is 8. The molecule has 1 fully saturated rings. The average molecular weight is 490 g/mol. The van der Waals surface area contributed by atoms with Crippen molar-refractivity contribution in [1.29, 1.82) is 0 Å². The highest BCUT2D eigenvalue weighted by atomic mass is 32.2. The molecule has 2 heterocycles. The van der Waals surface area contributed by atoms with Crippen LogP contribution < -0.4 is 10.0 Å². The number of furan rings is 1. The van der Waals surface area contributed by atoms with Crippen molar-refractivity contribution in [3.63, 3.8) is 0 Å². The summed E-state index contributed by atoms with van der Waals surface area (Å²) in [5, 5.41) is 2.68. The topological polar surface area (TPSA) is 126 Å². The van der Waals surface area contributed by atoms with Gasteiger partial charge in [0.05, 0.1) is 22.6 Å². The number of hydrogen-bond donors (Lipinski definition) is 2. The molecule has 1 aliphatic heterocycles. The van der Waals surface area contributed by atoms with E-state index in [-0.39, 0.29) is 21.9 Å². The van der Waals surface area contributed by atoms with Gasteiger partial charge in [0.15, 0.2) is 0 Å². The molecule has 3 aromatic rings. The lowest BCUT2D eigenvalue weighted by Gasteiger charge is -2.15. The van der Waals surface area contributed by atoms with Crippen LogP contribution in [0.4, 0.5) is 5.69 Å². The van der Waals surface area contributed by atoms with Gasteiger partial charge in [0.1, 0.15) is 5.76 Å². The number of sulfonamides is 2. The largest absolute Gasteiger partial charge is 0.468 e. The fraction of sp³-hybridized carbons (Fsp3) is 0.227. The van der Waals surface area contributed by atoms with E-state index in [0.29, 0.717) is 24.5 Å². The summed E-state index contributed by atoms with van der Waals surface area (Å²) in [7, 11) is -7.29. The van der Waals surface area contributed by atoms with Gasteiger partial charge in [-0.1, -0.05) is 0 Å². The zero-order chi connectivity index (χ0) is 23.5. The van der Waals surface area contributed by atoms with Gasteiger partial charge in [0, 0.05) is 24.3 Å². The number of hydrogen-bond acceptors (Lipinski definition) is 6. The SMILES string of the molecule is O=C(Nc1ccc(S(=O)(=O)N2CCCC2)cc1)c1ccc(S(=O)(=O)NCc2ccco2)cc1. The van der Waals surface area contributed by atoms with E-state index in [4.69, 9.17) is 4.42 Å². The Kier molecular flexibility index (Phi) is 6.66. The van der Waals surface area contributed by atoms with Gasteiger partial charge >= 0.3 is 0 Å². The summed E-state index contributed by atoms with van der Waals surface area (Å²) in [6.45, 7) is 1.05. The molecule has 0 unspecified atom stereocenters.